The first kappa shape index (κ1) is 15.9. The Morgan fingerprint density at radius 1 is 1.12 bits per heavy atom. The molecule has 1 amide bonds. The molecule has 5 heteroatoms. The number of hydroxylamine groups is 1. The first-order valence-corrected chi connectivity index (χ1v) is 6.27. The van der Waals surface area contributed by atoms with E-state index in [-0.39, 0.29) is 6.42 Å². The van der Waals surface area contributed by atoms with Crippen LogP contribution in [0.15, 0.2) is 0 Å². The molecule has 0 bridgehead atoms. The van der Waals surface area contributed by atoms with E-state index in [4.69, 9.17) is 10.3 Å². The summed E-state index contributed by atoms with van der Waals surface area (Å²) < 4.78 is 0. The van der Waals surface area contributed by atoms with Crippen molar-refractivity contribution >= 4 is 11.9 Å². The topological polar surface area (TPSA) is 86.6 Å². The zero-order chi connectivity index (χ0) is 13.1. The van der Waals surface area contributed by atoms with Gasteiger partial charge in [-0.25, -0.2) is 5.48 Å². The SMILES string of the molecule is CCCCCCCC[C@H](CC(=O)NO)C(=O)O. The van der Waals surface area contributed by atoms with Gasteiger partial charge in [0.2, 0.25) is 5.91 Å². The lowest BCUT2D eigenvalue weighted by Crippen LogP contribution is -2.25. The predicted octanol–water partition coefficient (Wildman–Crippen LogP) is 2.33. The molecule has 0 aliphatic heterocycles. The van der Waals surface area contributed by atoms with Crippen LogP contribution >= 0.6 is 0 Å². The molecular formula is C12H23NO4. The van der Waals surface area contributed by atoms with Crippen LogP contribution in [0.25, 0.3) is 0 Å². The third-order valence-electron chi connectivity index (χ3n) is 2.81. The summed E-state index contributed by atoms with van der Waals surface area (Å²) in [4.78, 5) is 21.7. The molecule has 1 atom stereocenters. The van der Waals surface area contributed by atoms with Crippen LogP contribution < -0.4 is 5.48 Å². The molecule has 0 aromatic heterocycles. The number of carbonyl (C=O) groups excluding carboxylic acids is 1. The molecule has 0 aromatic carbocycles. The molecule has 0 aliphatic rings. The molecule has 0 aliphatic carbocycles. The van der Waals surface area contributed by atoms with Crippen molar-refractivity contribution in [2.24, 2.45) is 5.92 Å². The summed E-state index contributed by atoms with van der Waals surface area (Å²) in [6, 6.07) is 0. The maximum atomic E-state index is 10.9. The highest BCUT2D eigenvalue weighted by atomic mass is 16.5. The van der Waals surface area contributed by atoms with Crippen molar-refractivity contribution in [3.05, 3.63) is 0 Å². The number of hydrogen-bond acceptors (Lipinski definition) is 3. The average Bonchev–Trinajstić information content (AvgIpc) is 2.31. The highest BCUT2D eigenvalue weighted by molar-refractivity contribution is 5.81. The molecule has 0 heterocycles. The molecule has 0 fully saturated rings. The van der Waals surface area contributed by atoms with Crippen LogP contribution in [-0.4, -0.2) is 22.2 Å². The van der Waals surface area contributed by atoms with E-state index in [2.05, 4.69) is 6.92 Å². The van der Waals surface area contributed by atoms with Crippen LogP contribution in [0.4, 0.5) is 0 Å². The van der Waals surface area contributed by atoms with Crippen LogP contribution in [0.5, 0.6) is 0 Å². The highest BCUT2D eigenvalue weighted by Gasteiger charge is 2.20. The second kappa shape index (κ2) is 10.1. The van der Waals surface area contributed by atoms with E-state index in [1.165, 1.54) is 24.7 Å². The number of rotatable bonds is 10. The van der Waals surface area contributed by atoms with Crippen LogP contribution in [-0.2, 0) is 9.59 Å². The zero-order valence-corrected chi connectivity index (χ0v) is 10.4. The van der Waals surface area contributed by atoms with Crippen molar-refractivity contribution in [2.75, 3.05) is 0 Å². The van der Waals surface area contributed by atoms with Gasteiger partial charge in [0.05, 0.1) is 5.92 Å². The molecule has 0 spiro atoms. The summed E-state index contributed by atoms with van der Waals surface area (Å²) in [5.74, 6) is -2.29. The lowest BCUT2D eigenvalue weighted by atomic mass is 9.97. The number of amides is 1. The Kier molecular flexibility index (Phi) is 9.43. The zero-order valence-electron chi connectivity index (χ0n) is 10.4. The van der Waals surface area contributed by atoms with Gasteiger partial charge in [-0.3, -0.25) is 14.8 Å². The van der Waals surface area contributed by atoms with Gasteiger partial charge in [0, 0.05) is 6.42 Å². The highest BCUT2D eigenvalue weighted by Crippen LogP contribution is 2.15. The minimum Gasteiger partial charge on any atom is -0.481 e. The average molecular weight is 245 g/mol. The van der Waals surface area contributed by atoms with E-state index in [0.29, 0.717) is 6.42 Å². The number of aliphatic carboxylic acids is 1. The van der Waals surface area contributed by atoms with Crippen molar-refractivity contribution in [3.63, 3.8) is 0 Å². The fourth-order valence-corrected chi connectivity index (χ4v) is 1.75. The van der Waals surface area contributed by atoms with Gasteiger partial charge in [0.25, 0.3) is 0 Å². The maximum Gasteiger partial charge on any atom is 0.307 e. The number of carboxylic acids is 1. The molecule has 5 nitrogen and oxygen atoms in total. The van der Waals surface area contributed by atoms with Gasteiger partial charge in [-0.05, 0) is 6.42 Å². The Bertz CT molecular complexity index is 231. The number of nitrogens with one attached hydrogen (secondary N) is 1. The first-order chi connectivity index (χ1) is 8.11. The standard InChI is InChI=1S/C12H23NO4/c1-2-3-4-5-6-7-8-10(12(15)16)9-11(14)13-17/h10,17H,2-9H2,1H3,(H,13,14)(H,15,16)/t10-/m1/s1. The van der Waals surface area contributed by atoms with Crippen molar-refractivity contribution in [1.29, 1.82) is 0 Å². The van der Waals surface area contributed by atoms with Crippen molar-refractivity contribution in [3.8, 4) is 0 Å². The summed E-state index contributed by atoms with van der Waals surface area (Å²) in [6.07, 6.45) is 6.88. The molecule has 0 unspecified atom stereocenters. The summed E-state index contributed by atoms with van der Waals surface area (Å²) >= 11 is 0. The van der Waals surface area contributed by atoms with Crippen molar-refractivity contribution in [2.45, 2.75) is 58.3 Å². The summed E-state index contributed by atoms with van der Waals surface area (Å²) in [5, 5.41) is 17.2. The Balaban J connectivity index is 3.71. The van der Waals surface area contributed by atoms with Gasteiger partial charge < -0.3 is 5.11 Å². The monoisotopic (exact) mass is 245 g/mol. The van der Waals surface area contributed by atoms with E-state index < -0.39 is 17.8 Å². The minimum atomic E-state index is -0.970. The van der Waals surface area contributed by atoms with Gasteiger partial charge in [-0.1, -0.05) is 45.4 Å². The lowest BCUT2D eigenvalue weighted by Gasteiger charge is -2.10. The first-order valence-electron chi connectivity index (χ1n) is 6.27. The quantitative estimate of drug-likeness (QED) is 0.313. The molecule has 17 heavy (non-hydrogen) atoms. The van der Waals surface area contributed by atoms with E-state index in [1.54, 1.807) is 0 Å². The van der Waals surface area contributed by atoms with Gasteiger partial charge in [-0.2, -0.15) is 0 Å². The normalized spacial score (nSPS) is 12.1. The Labute approximate surface area is 102 Å². The van der Waals surface area contributed by atoms with Crippen LogP contribution in [0, 0.1) is 5.92 Å². The molecule has 0 rings (SSSR count). The Morgan fingerprint density at radius 2 is 1.71 bits per heavy atom. The molecule has 0 saturated carbocycles. The van der Waals surface area contributed by atoms with E-state index in [9.17, 15) is 9.59 Å². The number of hydrogen-bond donors (Lipinski definition) is 3. The lowest BCUT2D eigenvalue weighted by molar-refractivity contribution is -0.145. The second-order valence-electron chi connectivity index (χ2n) is 4.33. The van der Waals surface area contributed by atoms with Crippen molar-refractivity contribution in [1.82, 2.24) is 5.48 Å². The number of carboxylic acid groups (broad SMARTS) is 1. The van der Waals surface area contributed by atoms with Gasteiger partial charge in [0.15, 0.2) is 0 Å². The third-order valence-corrected chi connectivity index (χ3v) is 2.81. The van der Waals surface area contributed by atoms with Gasteiger partial charge >= 0.3 is 5.97 Å². The second-order valence-corrected chi connectivity index (χ2v) is 4.33. The molecule has 100 valence electrons. The van der Waals surface area contributed by atoms with E-state index in [0.717, 1.165) is 19.3 Å². The van der Waals surface area contributed by atoms with Crippen molar-refractivity contribution < 1.29 is 19.9 Å². The Hall–Kier alpha value is -1.10. The largest absolute Gasteiger partial charge is 0.481 e. The summed E-state index contributed by atoms with van der Waals surface area (Å²) in [5.41, 5.74) is 1.47. The van der Waals surface area contributed by atoms with Gasteiger partial charge in [-0.15, -0.1) is 0 Å². The maximum absolute atomic E-state index is 10.9. The molecule has 0 saturated heterocycles. The fourth-order valence-electron chi connectivity index (χ4n) is 1.75. The van der Waals surface area contributed by atoms with E-state index >= 15 is 0 Å². The summed E-state index contributed by atoms with van der Waals surface area (Å²) in [7, 11) is 0. The van der Waals surface area contributed by atoms with E-state index in [1.807, 2.05) is 0 Å². The molecule has 0 aromatic rings. The predicted molar refractivity (Wildman–Crippen MR) is 63.7 cm³/mol. The molecule has 3 N–H and O–H groups in total. The third kappa shape index (κ3) is 8.68. The molecule has 0 radical (unpaired) electrons. The summed E-state index contributed by atoms with van der Waals surface area (Å²) in [6.45, 7) is 2.15. The molecular weight excluding hydrogens is 222 g/mol. The van der Waals surface area contributed by atoms with Crippen LogP contribution in [0.1, 0.15) is 58.3 Å². The van der Waals surface area contributed by atoms with Gasteiger partial charge in [0.1, 0.15) is 0 Å². The smallest absolute Gasteiger partial charge is 0.307 e. The number of unbranched alkanes of at least 4 members (excludes halogenated alkanes) is 5. The number of carbonyl (C=O) groups is 2. The van der Waals surface area contributed by atoms with Crippen LogP contribution in [0.2, 0.25) is 0 Å². The minimum absolute atomic E-state index is 0.152. The van der Waals surface area contributed by atoms with Crippen LogP contribution in [0.3, 0.4) is 0 Å². The Morgan fingerprint density at radius 3 is 2.24 bits per heavy atom. The fraction of sp³-hybridized carbons (Fsp3) is 0.833.